The van der Waals surface area contributed by atoms with Crippen LogP contribution in [-0.2, 0) is 32.7 Å². The highest BCUT2D eigenvalue weighted by Crippen LogP contribution is 2.43. The molecular formula is C54H94NO10P. The minimum absolute atomic E-state index is 0.145. The summed E-state index contributed by atoms with van der Waals surface area (Å²) in [7, 11) is -4.77. The van der Waals surface area contributed by atoms with Gasteiger partial charge in [-0.3, -0.25) is 18.6 Å². The van der Waals surface area contributed by atoms with Gasteiger partial charge in [0, 0.05) is 12.8 Å². The molecule has 0 aliphatic carbocycles. The van der Waals surface area contributed by atoms with Crippen molar-refractivity contribution in [1.82, 2.24) is 5.32 Å². The largest absolute Gasteiger partial charge is 0.480 e. The second-order valence-corrected chi connectivity index (χ2v) is 18.8. The number of rotatable bonds is 48. The lowest BCUT2D eigenvalue weighted by Gasteiger charge is -2.18. The molecule has 4 N–H and O–H groups in total. The Morgan fingerprint density at radius 3 is 1.32 bits per heavy atom. The predicted molar refractivity (Wildman–Crippen MR) is 272 cm³/mol. The van der Waals surface area contributed by atoms with Crippen LogP contribution in [0.1, 0.15) is 219 Å². The number of carbonyl (C=O) groups excluding carboxylic acids is 2. The number of carboxylic acid groups (broad SMARTS) is 1. The molecule has 0 aromatic heterocycles. The molecule has 0 aromatic rings. The van der Waals surface area contributed by atoms with Crippen LogP contribution in [0.2, 0.25) is 0 Å². The number of esters is 1. The number of amides is 1. The first-order valence-electron chi connectivity index (χ1n) is 26.0. The van der Waals surface area contributed by atoms with E-state index >= 15 is 0 Å². The van der Waals surface area contributed by atoms with Crippen molar-refractivity contribution in [2.24, 2.45) is 0 Å². The van der Waals surface area contributed by atoms with Gasteiger partial charge in [0.25, 0.3) is 0 Å². The Hall–Kier alpha value is -3.08. The number of hydrogen-bond donors (Lipinski definition) is 4. The number of carbonyl (C=O) groups is 3. The molecule has 1 amide bonds. The van der Waals surface area contributed by atoms with Gasteiger partial charge in [-0.05, 0) is 64.2 Å². The van der Waals surface area contributed by atoms with Crippen LogP contribution in [0.5, 0.6) is 0 Å². The van der Waals surface area contributed by atoms with Crippen LogP contribution in [0, 0.1) is 0 Å². The number of phosphoric acid groups is 1. The molecule has 0 radical (unpaired) electrons. The van der Waals surface area contributed by atoms with Gasteiger partial charge in [-0.25, -0.2) is 9.36 Å². The predicted octanol–water partition coefficient (Wildman–Crippen LogP) is 14.5. The maximum Gasteiger partial charge on any atom is 0.472 e. The van der Waals surface area contributed by atoms with Crippen molar-refractivity contribution < 1.29 is 47.8 Å². The topological polar surface area (TPSA) is 169 Å². The van der Waals surface area contributed by atoms with Gasteiger partial charge in [0.15, 0.2) is 6.04 Å². The highest BCUT2D eigenvalue weighted by Gasteiger charge is 2.28. The molecule has 0 aromatic carbocycles. The molecule has 0 saturated carbocycles. The molecule has 0 fully saturated rings. The number of allylic oxidation sites excluding steroid dienone is 12. The maximum atomic E-state index is 12.4. The van der Waals surface area contributed by atoms with Crippen molar-refractivity contribution in [1.29, 1.82) is 0 Å². The first-order valence-corrected chi connectivity index (χ1v) is 27.5. The molecule has 66 heavy (non-hydrogen) atoms. The summed E-state index contributed by atoms with van der Waals surface area (Å²) in [6, 6.07) is -1.55. The van der Waals surface area contributed by atoms with Gasteiger partial charge in [-0.15, -0.1) is 0 Å². The lowest BCUT2D eigenvalue weighted by Crippen LogP contribution is -2.43. The number of nitrogens with one attached hydrogen (secondary N) is 1. The Kier molecular flexibility index (Phi) is 46.1. The fourth-order valence-corrected chi connectivity index (χ4v) is 7.80. The summed E-state index contributed by atoms with van der Waals surface area (Å²) in [4.78, 5) is 46.1. The fraction of sp³-hybridized carbons (Fsp3) is 0.722. The lowest BCUT2D eigenvalue weighted by atomic mass is 10.0. The van der Waals surface area contributed by atoms with Gasteiger partial charge in [0.05, 0.1) is 13.2 Å². The average molecular weight is 948 g/mol. The summed E-state index contributed by atoms with van der Waals surface area (Å²) in [6.07, 6.45) is 59.2. The minimum atomic E-state index is -4.77. The van der Waals surface area contributed by atoms with E-state index in [1.807, 2.05) is 0 Å². The van der Waals surface area contributed by atoms with Crippen LogP contribution in [0.25, 0.3) is 0 Å². The van der Waals surface area contributed by atoms with Gasteiger partial charge < -0.3 is 25.2 Å². The molecule has 0 heterocycles. The standard InChI is InChI=1S/C54H94NO10P/c1-3-5-7-9-11-13-15-17-19-21-23-24-25-26-28-30-32-34-36-38-40-42-44-46-53(58)63-47-50(56)48-64-66(61,62)65-49-51(54(59)60)55-52(57)45-43-41-39-37-35-33-31-29-27-22-20-18-16-14-12-10-8-6-4-2/h5,7,11,13,17,19,23-24,26,28,32,34,50-51,56H,3-4,6,8-10,12,14-16,18,20-22,25,27,29-31,33,35-49H2,1-2H3,(H,55,57)(H,59,60)(H,61,62)/b7-5-,13-11-,19-17-,24-23-,28-26-,34-32-. The summed E-state index contributed by atoms with van der Waals surface area (Å²) >= 11 is 0. The number of aliphatic carboxylic acids is 1. The van der Waals surface area contributed by atoms with Gasteiger partial charge in [0.1, 0.15) is 12.7 Å². The number of carboxylic acids is 1. The van der Waals surface area contributed by atoms with Gasteiger partial charge in [0.2, 0.25) is 5.91 Å². The van der Waals surface area contributed by atoms with Crippen LogP contribution in [0.15, 0.2) is 72.9 Å². The van der Waals surface area contributed by atoms with E-state index in [-0.39, 0.29) is 12.8 Å². The Balaban J connectivity index is 3.87. The fourth-order valence-electron chi connectivity index (χ4n) is 7.03. The van der Waals surface area contributed by atoms with Crippen molar-refractivity contribution in [3.63, 3.8) is 0 Å². The van der Waals surface area contributed by atoms with E-state index in [9.17, 15) is 34.1 Å². The number of unbranched alkanes of at least 4 members (excludes halogenated alkanes) is 22. The number of aliphatic hydroxyl groups excluding tert-OH is 1. The van der Waals surface area contributed by atoms with Crippen LogP contribution in [-0.4, -0.2) is 64.9 Å². The molecule has 0 aliphatic rings. The monoisotopic (exact) mass is 948 g/mol. The van der Waals surface area contributed by atoms with E-state index in [4.69, 9.17) is 13.8 Å². The molecule has 0 bridgehead atoms. The third-order valence-corrected chi connectivity index (χ3v) is 12.0. The van der Waals surface area contributed by atoms with E-state index in [0.29, 0.717) is 12.8 Å². The van der Waals surface area contributed by atoms with Crippen LogP contribution in [0.4, 0.5) is 0 Å². The van der Waals surface area contributed by atoms with Gasteiger partial charge in [-0.2, -0.15) is 0 Å². The van der Waals surface area contributed by atoms with Crippen molar-refractivity contribution in [2.75, 3.05) is 19.8 Å². The number of aliphatic hydroxyl groups is 1. The number of hydrogen-bond acceptors (Lipinski definition) is 8. The van der Waals surface area contributed by atoms with E-state index in [2.05, 4.69) is 92.1 Å². The molecule has 0 saturated heterocycles. The van der Waals surface area contributed by atoms with Crippen molar-refractivity contribution >= 4 is 25.7 Å². The van der Waals surface area contributed by atoms with Gasteiger partial charge >= 0.3 is 19.8 Å². The minimum Gasteiger partial charge on any atom is -0.480 e. The van der Waals surface area contributed by atoms with Crippen LogP contribution >= 0.6 is 7.82 Å². The Bertz CT molecular complexity index is 1390. The number of phosphoric ester groups is 1. The number of ether oxygens (including phenoxy) is 1. The average Bonchev–Trinajstić information content (AvgIpc) is 3.29. The molecular weight excluding hydrogens is 854 g/mol. The molecule has 380 valence electrons. The van der Waals surface area contributed by atoms with Gasteiger partial charge in [-0.1, -0.05) is 215 Å². The molecule has 12 heteroatoms. The molecule has 3 unspecified atom stereocenters. The molecule has 0 spiro atoms. The normalized spacial score (nSPS) is 14.1. The van der Waals surface area contributed by atoms with Crippen molar-refractivity contribution in [2.45, 2.75) is 231 Å². The third kappa shape index (κ3) is 47.4. The highest BCUT2D eigenvalue weighted by molar-refractivity contribution is 7.47. The lowest BCUT2D eigenvalue weighted by molar-refractivity contribution is -0.147. The maximum absolute atomic E-state index is 12.4. The zero-order valence-corrected chi connectivity index (χ0v) is 42.4. The summed E-state index contributed by atoms with van der Waals surface area (Å²) < 4.78 is 26.9. The van der Waals surface area contributed by atoms with E-state index in [0.717, 1.165) is 83.5 Å². The Labute approximate surface area is 401 Å². The first kappa shape index (κ1) is 62.9. The summed E-state index contributed by atoms with van der Waals surface area (Å²) in [6.45, 7) is 2.48. The zero-order chi connectivity index (χ0) is 48.4. The zero-order valence-electron chi connectivity index (χ0n) is 41.5. The van der Waals surface area contributed by atoms with E-state index in [1.54, 1.807) is 0 Å². The van der Waals surface area contributed by atoms with Crippen LogP contribution in [0.3, 0.4) is 0 Å². The molecule has 0 aliphatic heterocycles. The Morgan fingerprint density at radius 1 is 0.500 bits per heavy atom. The molecule has 11 nitrogen and oxygen atoms in total. The van der Waals surface area contributed by atoms with Crippen molar-refractivity contribution in [3.8, 4) is 0 Å². The third-order valence-electron chi connectivity index (χ3n) is 11.0. The smallest absolute Gasteiger partial charge is 0.472 e. The van der Waals surface area contributed by atoms with Crippen molar-refractivity contribution in [3.05, 3.63) is 72.9 Å². The highest BCUT2D eigenvalue weighted by atomic mass is 31.2. The Morgan fingerprint density at radius 2 is 0.879 bits per heavy atom. The second kappa shape index (κ2) is 48.4. The van der Waals surface area contributed by atoms with E-state index in [1.165, 1.54) is 96.3 Å². The SMILES string of the molecule is CC/C=C\C/C=C\C/C=C\C/C=C\C/C=C\C/C=C\CCCCCCC(=O)OCC(O)COP(=O)(O)OCC(NC(=O)CCCCCCCCCCCCCCCCCCCCC)C(=O)O. The second-order valence-electron chi connectivity index (χ2n) is 17.3. The van der Waals surface area contributed by atoms with Crippen LogP contribution < -0.4 is 5.32 Å². The molecule has 0 rings (SSSR count). The summed E-state index contributed by atoms with van der Waals surface area (Å²) in [5.74, 6) is -2.40. The van der Waals surface area contributed by atoms with E-state index < -0.39 is 57.6 Å². The first-order chi connectivity index (χ1) is 32.1. The molecule has 3 atom stereocenters. The summed E-state index contributed by atoms with van der Waals surface area (Å²) in [5, 5.41) is 21.9. The quantitative estimate of drug-likeness (QED) is 0.0199. The summed E-state index contributed by atoms with van der Waals surface area (Å²) in [5.41, 5.74) is 0.